The average Bonchev–Trinajstić information content (AvgIpc) is 3.27. The van der Waals surface area contributed by atoms with Gasteiger partial charge in [0.05, 0.1) is 0 Å². The highest BCUT2D eigenvalue weighted by Gasteiger charge is 2.32. The molecule has 0 spiro atoms. The highest BCUT2D eigenvalue weighted by Crippen LogP contribution is 2.35. The molecule has 2 rings (SSSR count). The molecule has 0 bridgehead atoms. The first-order valence-electron chi connectivity index (χ1n) is 10.1. The van der Waals surface area contributed by atoms with Gasteiger partial charge in [0.2, 0.25) is 0 Å². The standard InChI is InChI=1S/C22H29NO4S2/c1-3-4-5-6-12-22(2,27)13-7-8-16-9-10-19(24)17(16)11-14-28-21-23-18(15-29-21)20(25)26/h7-8,15-17,27H,3-5,9-11,13-14H2,1-2H3,(H,25,26)/t16-,17+,22+/m0/s1. The molecule has 5 nitrogen and oxygen atoms in total. The third kappa shape index (κ3) is 7.96. The summed E-state index contributed by atoms with van der Waals surface area (Å²) >= 11 is 2.82. The Morgan fingerprint density at radius 2 is 2.31 bits per heavy atom. The second-order valence-corrected chi connectivity index (χ2v) is 9.73. The second-order valence-electron chi connectivity index (χ2n) is 7.53. The maximum Gasteiger partial charge on any atom is 0.355 e. The van der Waals surface area contributed by atoms with Gasteiger partial charge in [-0.2, -0.15) is 0 Å². The number of carboxylic acid groups (broad SMARTS) is 1. The number of nitrogens with zero attached hydrogens (tertiary/aromatic N) is 1. The summed E-state index contributed by atoms with van der Waals surface area (Å²) < 4.78 is 0.720. The van der Waals surface area contributed by atoms with Crippen LogP contribution < -0.4 is 0 Å². The molecule has 1 aromatic rings. The average molecular weight is 436 g/mol. The van der Waals surface area contributed by atoms with Crippen LogP contribution in [0.2, 0.25) is 0 Å². The molecule has 1 saturated carbocycles. The zero-order valence-corrected chi connectivity index (χ0v) is 18.7. The van der Waals surface area contributed by atoms with Gasteiger partial charge in [0.1, 0.15) is 11.4 Å². The molecular weight excluding hydrogens is 406 g/mol. The summed E-state index contributed by atoms with van der Waals surface area (Å²) in [4.78, 5) is 27.2. The molecule has 0 unspecified atom stereocenters. The minimum atomic E-state index is -1.04. The number of ketones is 1. The SMILES string of the molecule is CCCCC#C[C@@](C)(O)CC=C[C@H]1CCC(=O)[C@@H]1CCSc1nc(C(=O)O)cs1. The molecule has 1 aromatic heterocycles. The van der Waals surface area contributed by atoms with Crippen LogP contribution in [0.5, 0.6) is 0 Å². The van der Waals surface area contributed by atoms with Crippen LogP contribution in [0.4, 0.5) is 0 Å². The summed E-state index contributed by atoms with van der Waals surface area (Å²) in [6.07, 6.45) is 9.60. The first kappa shape index (κ1) is 23.7. The Kier molecular flexibility index (Phi) is 9.41. The Bertz CT molecular complexity index is 788. The molecule has 29 heavy (non-hydrogen) atoms. The number of aromatic nitrogens is 1. The van der Waals surface area contributed by atoms with Crippen molar-refractivity contribution in [2.24, 2.45) is 11.8 Å². The van der Waals surface area contributed by atoms with Gasteiger partial charge in [-0.25, -0.2) is 9.78 Å². The van der Waals surface area contributed by atoms with Crippen LogP contribution in [0.3, 0.4) is 0 Å². The lowest BCUT2D eigenvalue weighted by molar-refractivity contribution is -0.121. The van der Waals surface area contributed by atoms with Crippen LogP contribution in [0.1, 0.15) is 69.3 Å². The van der Waals surface area contributed by atoms with Gasteiger partial charge in [0.25, 0.3) is 0 Å². The molecular formula is C22H29NO4S2. The Balaban J connectivity index is 1.83. The van der Waals surface area contributed by atoms with E-state index in [1.54, 1.807) is 6.92 Å². The zero-order valence-electron chi connectivity index (χ0n) is 17.0. The van der Waals surface area contributed by atoms with Gasteiger partial charge in [0, 0.05) is 36.3 Å². The van der Waals surface area contributed by atoms with Crippen LogP contribution in [0, 0.1) is 23.7 Å². The van der Waals surface area contributed by atoms with Crippen molar-refractivity contribution in [2.45, 2.75) is 68.7 Å². The molecule has 0 radical (unpaired) electrons. The monoisotopic (exact) mass is 435 g/mol. The Labute approximate surface area is 181 Å². The van der Waals surface area contributed by atoms with Gasteiger partial charge in [-0.15, -0.1) is 17.3 Å². The topological polar surface area (TPSA) is 87.5 Å². The van der Waals surface area contributed by atoms with E-state index in [9.17, 15) is 14.7 Å². The number of carbonyl (C=O) groups is 2. The predicted octanol–water partition coefficient (Wildman–Crippen LogP) is 4.81. The quantitative estimate of drug-likeness (QED) is 0.237. The summed E-state index contributed by atoms with van der Waals surface area (Å²) in [5.41, 5.74) is -0.967. The molecule has 1 aliphatic carbocycles. The van der Waals surface area contributed by atoms with E-state index < -0.39 is 11.6 Å². The number of rotatable bonds is 10. The number of carboxylic acids is 1. The number of Topliss-reactive ketones (excluding diaryl/α,β-unsaturated/α-hetero) is 1. The van der Waals surface area contributed by atoms with Crippen molar-refractivity contribution in [2.75, 3.05) is 5.75 Å². The molecule has 1 fully saturated rings. The largest absolute Gasteiger partial charge is 0.476 e. The van der Waals surface area contributed by atoms with E-state index in [-0.39, 0.29) is 23.3 Å². The van der Waals surface area contributed by atoms with Crippen LogP contribution >= 0.6 is 23.1 Å². The summed E-state index contributed by atoms with van der Waals surface area (Å²) in [6, 6.07) is 0. The normalized spacial score (nSPS) is 21.1. The van der Waals surface area contributed by atoms with Gasteiger partial charge in [-0.05, 0) is 32.1 Å². The van der Waals surface area contributed by atoms with Gasteiger partial charge in [0.15, 0.2) is 10.0 Å². The van der Waals surface area contributed by atoms with Gasteiger partial charge >= 0.3 is 5.97 Å². The lowest BCUT2D eigenvalue weighted by Crippen LogP contribution is -2.20. The van der Waals surface area contributed by atoms with E-state index in [1.807, 2.05) is 6.08 Å². The maximum absolute atomic E-state index is 12.3. The van der Waals surface area contributed by atoms with E-state index >= 15 is 0 Å². The summed E-state index contributed by atoms with van der Waals surface area (Å²) in [5, 5.41) is 20.8. The molecule has 0 aliphatic heterocycles. The van der Waals surface area contributed by atoms with Crippen LogP contribution in [-0.4, -0.2) is 38.3 Å². The molecule has 7 heteroatoms. The van der Waals surface area contributed by atoms with E-state index in [4.69, 9.17) is 5.11 Å². The van der Waals surface area contributed by atoms with Crippen molar-refractivity contribution in [1.82, 2.24) is 4.98 Å². The van der Waals surface area contributed by atoms with Gasteiger partial charge in [-0.3, -0.25) is 4.79 Å². The highest BCUT2D eigenvalue weighted by molar-refractivity contribution is 8.01. The number of hydrogen-bond donors (Lipinski definition) is 2. The molecule has 0 amide bonds. The van der Waals surface area contributed by atoms with E-state index in [1.165, 1.54) is 28.5 Å². The van der Waals surface area contributed by atoms with Crippen molar-refractivity contribution in [3.63, 3.8) is 0 Å². The smallest absolute Gasteiger partial charge is 0.355 e. The Hall–Kier alpha value is -1.62. The lowest BCUT2D eigenvalue weighted by atomic mass is 9.91. The summed E-state index contributed by atoms with van der Waals surface area (Å²) in [5.74, 6) is 6.16. The number of aliphatic hydroxyl groups is 1. The van der Waals surface area contributed by atoms with Crippen molar-refractivity contribution in [3.8, 4) is 11.8 Å². The minimum absolute atomic E-state index is 0.0155. The van der Waals surface area contributed by atoms with Gasteiger partial charge in [-0.1, -0.05) is 43.2 Å². The second kappa shape index (κ2) is 11.5. The van der Waals surface area contributed by atoms with Crippen LogP contribution in [-0.2, 0) is 4.79 Å². The molecule has 1 heterocycles. The predicted molar refractivity (Wildman–Crippen MR) is 117 cm³/mol. The first-order chi connectivity index (χ1) is 13.8. The number of thioether (sulfide) groups is 1. The Morgan fingerprint density at radius 1 is 1.52 bits per heavy atom. The molecule has 2 N–H and O–H groups in total. The molecule has 3 atom stereocenters. The lowest BCUT2D eigenvalue weighted by Gasteiger charge is -2.16. The fraction of sp³-hybridized carbons (Fsp3) is 0.591. The minimum Gasteiger partial charge on any atom is -0.476 e. The highest BCUT2D eigenvalue weighted by atomic mass is 32.2. The van der Waals surface area contributed by atoms with Crippen molar-refractivity contribution < 1.29 is 19.8 Å². The van der Waals surface area contributed by atoms with E-state index in [0.717, 1.165) is 42.2 Å². The van der Waals surface area contributed by atoms with E-state index in [0.29, 0.717) is 12.8 Å². The number of allylic oxidation sites excluding steroid dienone is 1. The van der Waals surface area contributed by atoms with E-state index in [2.05, 4.69) is 29.8 Å². The van der Waals surface area contributed by atoms with Crippen molar-refractivity contribution in [3.05, 3.63) is 23.2 Å². The van der Waals surface area contributed by atoms with Crippen molar-refractivity contribution >= 4 is 34.9 Å². The fourth-order valence-corrected chi connectivity index (χ4v) is 5.17. The fourth-order valence-electron chi connectivity index (χ4n) is 3.28. The molecule has 158 valence electrons. The Morgan fingerprint density at radius 3 is 3.00 bits per heavy atom. The van der Waals surface area contributed by atoms with Crippen LogP contribution in [0.15, 0.2) is 21.9 Å². The molecule has 0 aromatic carbocycles. The number of thiazole rings is 1. The maximum atomic E-state index is 12.3. The summed E-state index contributed by atoms with van der Waals surface area (Å²) in [7, 11) is 0. The number of unbranched alkanes of at least 4 members (excludes halogenated alkanes) is 2. The first-order valence-corrected chi connectivity index (χ1v) is 11.9. The van der Waals surface area contributed by atoms with Crippen LogP contribution in [0.25, 0.3) is 0 Å². The number of carbonyl (C=O) groups excluding carboxylic acids is 1. The number of aromatic carboxylic acids is 1. The number of hydrogen-bond acceptors (Lipinski definition) is 6. The van der Waals surface area contributed by atoms with Crippen molar-refractivity contribution in [1.29, 1.82) is 0 Å². The third-order valence-corrected chi connectivity index (χ3v) is 6.98. The van der Waals surface area contributed by atoms with Gasteiger partial charge < -0.3 is 10.2 Å². The summed E-state index contributed by atoms with van der Waals surface area (Å²) in [6.45, 7) is 3.84. The third-order valence-electron chi connectivity index (χ3n) is 4.92. The molecule has 1 aliphatic rings. The molecule has 0 saturated heterocycles. The zero-order chi connectivity index (χ0) is 21.3.